The number of carbonyl (C=O) groups is 2. The molecule has 0 aromatic heterocycles. The van der Waals surface area contributed by atoms with Crippen molar-refractivity contribution in [3.05, 3.63) is 53.6 Å². The lowest BCUT2D eigenvalue weighted by Crippen LogP contribution is -2.36. The van der Waals surface area contributed by atoms with E-state index in [1.807, 2.05) is 31.1 Å². The number of carbonyl (C=O) groups excluding carboxylic acids is 2. The Morgan fingerprint density at radius 2 is 1.76 bits per heavy atom. The van der Waals surface area contributed by atoms with Crippen molar-refractivity contribution in [3.63, 3.8) is 0 Å². The maximum absolute atomic E-state index is 13.0. The number of hydrogen-bond donors (Lipinski definition) is 2. The maximum Gasteiger partial charge on any atom is 0.255 e. The number of hydrogen-bond acceptors (Lipinski definition) is 4. The lowest BCUT2D eigenvalue weighted by atomic mass is 9.95. The van der Waals surface area contributed by atoms with E-state index in [4.69, 9.17) is 4.74 Å². The zero-order valence-corrected chi connectivity index (χ0v) is 17.3. The third-order valence-electron chi connectivity index (χ3n) is 5.25. The Labute approximate surface area is 172 Å². The summed E-state index contributed by atoms with van der Waals surface area (Å²) in [5, 5.41) is 6.04. The number of benzene rings is 2. The van der Waals surface area contributed by atoms with Crippen molar-refractivity contribution < 1.29 is 14.3 Å². The van der Waals surface area contributed by atoms with E-state index >= 15 is 0 Å². The van der Waals surface area contributed by atoms with Gasteiger partial charge in [-0.3, -0.25) is 9.59 Å². The highest BCUT2D eigenvalue weighted by Gasteiger charge is 2.20. The van der Waals surface area contributed by atoms with E-state index in [1.165, 1.54) is 6.42 Å². The Bertz CT molecular complexity index is 873. The van der Waals surface area contributed by atoms with Gasteiger partial charge in [0.25, 0.3) is 11.8 Å². The molecule has 2 aromatic rings. The van der Waals surface area contributed by atoms with E-state index in [1.54, 1.807) is 37.4 Å². The number of anilines is 2. The quantitative estimate of drug-likeness (QED) is 0.773. The summed E-state index contributed by atoms with van der Waals surface area (Å²) in [5.74, 6) is 0.270. The first kappa shape index (κ1) is 20.7. The largest absolute Gasteiger partial charge is 0.497 e. The van der Waals surface area contributed by atoms with Gasteiger partial charge in [-0.05, 0) is 49.2 Å². The molecule has 0 bridgehead atoms. The van der Waals surface area contributed by atoms with Gasteiger partial charge in [0.15, 0.2) is 0 Å². The molecule has 1 fully saturated rings. The van der Waals surface area contributed by atoms with Crippen molar-refractivity contribution in [2.45, 2.75) is 38.1 Å². The Morgan fingerprint density at radius 3 is 2.45 bits per heavy atom. The summed E-state index contributed by atoms with van der Waals surface area (Å²) in [6.45, 7) is 0. The first-order chi connectivity index (χ1) is 14.0. The average Bonchev–Trinajstić information content (AvgIpc) is 2.74. The molecule has 1 aliphatic carbocycles. The summed E-state index contributed by atoms with van der Waals surface area (Å²) < 4.78 is 5.18. The standard InChI is InChI=1S/C23H29N3O3/c1-26(2)21-13-12-18(25-22(27)16-8-7-11-19(14-16)29-3)15-20(21)23(28)24-17-9-5-4-6-10-17/h7-8,11-15,17H,4-6,9-10H2,1-3H3,(H,24,28)(H,25,27). The zero-order chi connectivity index (χ0) is 20.8. The number of methoxy groups -OCH3 is 1. The van der Waals surface area contributed by atoms with Gasteiger partial charge in [-0.1, -0.05) is 25.3 Å². The third-order valence-corrected chi connectivity index (χ3v) is 5.25. The molecule has 0 radical (unpaired) electrons. The van der Waals surface area contributed by atoms with E-state index in [0.29, 0.717) is 22.6 Å². The molecule has 154 valence electrons. The number of rotatable bonds is 6. The van der Waals surface area contributed by atoms with Crippen LogP contribution in [0.4, 0.5) is 11.4 Å². The molecule has 6 nitrogen and oxygen atoms in total. The Hall–Kier alpha value is -3.02. The predicted molar refractivity (Wildman–Crippen MR) is 116 cm³/mol. The van der Waals surface area contributed by atoms with Crippen LogP contribution in [0.3, 0.4) is 0 Å². The van der Waals surface area contributed by atoms with Crippen molar-refractivity contribution in [3.8, 4) is 5.75 Å². The molecule has 1 saturated carbocycles. The van der Waals surface area contributed by atoms with Gasteiger partial charge in [-0.25, -0.2) is 0 Å². The van der Waals surface area contributed by atoms with Crippen molar-refractivity contribution in [1.29, 1.82) is 0 Å². The molecule has 1 aliphatic rings. The fraction of sp³-hybridized carbons (Fsp3) is 0.391. The predicted octanol–water partition coefficient (Wildman–Crippen LogP) is 4.08. The minimum atomic E-state index is -0.250. The molecule has 3 rings (SSSR count). The van der Waals surface area contributed by atoms with Crippen LogP contribution in [0.2, 0.25) is 0 Å². The van der Waals surface area contributed by atoms with Crippen molar-refractivity contribution in [2.24, 2.45) is 0 Å². The van der Waals surface area contributed by atoms with Crippen LogP contribution in [-0.4, -0.2) is 39.1 Å². The smallest absolute Gasteiger partial charge is 0.255 e. The highest BCUT2D eigenvalue weighted by molar-refractivity contribution is 6.06. The molecule has 0 spiro atoms. The van der Waals surface area contributed by atoms with Crippen LogP contribution < -0.4 is 20.3 Å². The van der Waals surface area contributed by atoms with Crippen LogP contribution in [0.1, 0.15) is 52.8 Å². The van der Waals surface area contributed by atoms with Gasteiger partial charge in [0.1, 0.15) is 5.75 Å². The summed E-state index contributed by atoms with van der Waals surface area (Å²) in [7, 11) is 5.37. The molecular formula is C23H29N3O3. The van der Waals surface area contributed by atoms with Crippen LogP contribution in [0.15, 0.2) is 42.5 Å². The first-order valence-corrected chi connectivity index (χ1v) is 10.1. The van der Waals surface area contributed by atoms with Crippen molar-refractivity contribution >= 4 is 23.2 Å². The van der Waals surface area contributed by atoms with Crippen LogP contribution in [-0.2, 0) is 0 Å². The van der Waals surface area contributed by atoms with Crippen molar-refractivity contribution in [1.82, 2.24) is 5.32 Å². The average molecular weight is 396 g/mol. The molecule has 2 amide bonds. The third kappa shape index (κ3) is 5.28. The minimum Gasteiger partial charge on any atom is -0.497 e. The molecule has 2 N–H and O–H groups in total. The van der Waals surface area contributed by atoms with Crippen LogP contribution >= 0.6 is 0 Å². The zero-order valence-electron chi connectivity index (χ0n) is 17.3. The fourth-order valence-corrected chi connectivity index (χ4v) is 3.66. The van der Waals surface area contributed by atoms with Gasteiger partial charge < -0.3 is 20.3 Å². The van der Waals surface area contributed by atoms with Gasteiger partial charge in [0.2, 0.25) is 0 Å². The van der Waals surface area contributed by atoms with E-state index in [9.17, 15) is 9.59 Å². The highest BCUT2D eigenvalue weighted by atomic mass is 16.5. The fourth-order valence-electron chi connectivity index (χ4n) is 3.66. The van der Waals surface area contributed by atoms with E-state index < -0.39 is 0 Å². The first-order valence-electron chi connectivity index (χ1n) is 10.1. The second kappa shape index (κ2) is 9.45. The molecule has 0 atom stereocenters. The molecule has 0 unspecified atom stereocenters. The van der Waals surface area contributed by atoms with E-state index in [2.05, 4.69) is 10.6 Å². The maximum atomic E-state index is 13.0. The molecule has 6 heteroatoms. The lowest BCUT2D eigenvalue weighted by molar-refractivity contribution is 0.0927. The van der Waals surface area contributed by atoms with Gasteiger partial charge >= 0.3 is 0 Å². The molecule has 0 heterocycles. The number of nitrogens with one attached hydrogen (secondary N) is 2. The Balaban J connectivity index is 1.80. The molecule has 2 aromatic carbocycles. The van der Waals surface area contributed by atoms with Crippen molar-refractivity contribution in [2.75, 3.05) is 31.4 Å². The summed E-state index contributed by atoms with van der Waals surface area (Å²) in [4.78, 5) is 27.5. The Kier molecular flexibility index (Phi) is 6.75. The molecule has 0 aliphatic heterocycles. The van der Waals surface area contributed by atoms with Crippen LogP contribution in [0.5, 0.6) is 5.75 Å². The number of nitrogens with zero attached hydrogens (tertiary/aromatic N) is 1. The summed E-state index contributed by atoms with van der Waals surface area (Å²) in [6, 6.07) is 12.6. The molecular weight excluding hydrogens is 366 g/mol. The minimum absolute atomic E-state index is 0.0990. The van der Waals surface area contributed by atoms with Gasteiger partial charge in [0.05, 0.1) is 12.7 Å². The summed E-state index contributed by atoms with van der Waals surface area (Å²) in [6.07, 6.45) is 5.59. The van der Waals surface area contributed by atoms with Gasteiger partial charge in [-0.15, -0.1) is 0 Å². The van der Waals surface area contributed by atoms with Gasteiger partial charge in [0, 0.05) is 37.1 Å². The summed E-state index contributed by atoms with van der Waals surface area (Å²) in [5.41, 5.74) is 2.45. The SMILES string of the molecule is COc1cccc(C(=O)Nc2ccc(N(C)C)c(C(=O)NC3CCCCC3)c2)c1. The highest BCUT2D eigenvalue weighted by Crippen LogP contribution is 2.25. The monoisotopic (exact) mass is 395 g/mol. The number of ether oxygens (including phenoxy) is 1. The number of amides is 2. The van der Waals surface area contributed by atoms with Gasteiger partial charge in [-0.2, -0.15) is 0 Å². The van der Waals surface area contributed by atoms with Crippen LogP contribution in [0.25, 0.3) is 0 Å². The Morgan fingerprint density at radius 1 is 1.00 bits per heavy atom. The molecule has 0 saturated heterocycles. The topological polar surface area (TPSA) is 70.7 Å². The van der Waals surface area contributed by atoms with E-state index in [0.717, 1.165) is 31.4 Å². The normalized spacial score (nSPS) is 14.2. The summed E-state index contributed by atoms with van der Waals surface area (Å²) >= 11 is 0. The van der Waals surface area contributed by atoms with Crippen LogP contribution in [0, 0.1) is 0 Å². The second-order valence-electron chi connectivity index (χ2n) is 7.62. The van der Waals surface area contributed by atoms with E-state index in [-0.39, 0.29) is 17.9 Å². The second-order valence-corrected chi connectivity index (χ2v) is 7.62. The molecule has 29 heavy (non-hydrogen) atoms. The lowest BCUT2D eigenvalue weighted by Gasteiger charge is -2.24.